The summed E-state index contributed by atoms with van der Waals surface area (Å²) >= 11 is 6.08. The summed E-state index contributed by atoms with van der Waals surface area (Å²) in [5.74, 6) is -0.952. The van der Waals surface area contributed by atoms with Gasteiger partial charge in [0.25, 0.3) is 0 Å². The minimum absolute atomic E-state index is 0.0465. The van der Waals surface area contributed by atoms with Gasteiger partial charge in [-0.05, 0) is 38.8 Å². The van der Waals surface area contributed by atoms with Gasteiger partial charge in [0.05, 0.1) is 6.42 Å². The molecule has 0 aliphatic carbocycles. The Morgan fingerprint density at radius 2 is 1.81 bits per heavy atom. The van der Waals surface area contributed by atoms with E-state index in [2.05, 4.69) is 0 Å². The van der Waals surface area contributed by atoms with Crippen molar-refractivity contribution in [2.75, 3.05) is 6.54 Å². The number of hydrogen-bond acceptors (Lipinski definition) is 2. The first-order chi connectivity index (χ1) is 9.71. The first kappa shape index (κ1) is 17.5. The Labute approximate surface area is 130 Å². The summed E-state index contributed by atoms with van der Waals surface area (Å²) in [6.07, 6.45) is 0.827. The van der Waals surface area contributed by atoms with E-state index in [0.29, 0.717) is 17.9 Å². The molecule has 0 fully saturated rings. The number of amides is 1. The number of nitrogens with zero attached hydrogens (tertiary/aromatic N) is 1. The Bertz CT molecular complexity index is 508. The first-order valence-electron chi connectivity index (χ1n) is 6.97. The molecule has 1 N–H and O–H groups in total. The van der Waals surface area contributed by atoms with E-state index in [9.17, 15) is 9.59 Å². The molecule has 0 aromatic heterocycles. The predicted molar refractivity (Wildman–Crippen MR) is 83.5 cm³/mol. The van der Waals surface area contributed by atoms with Crippen LogP contribution in [-0.2, 0) is 16.0 Å². The Morgan fingerprint density at radius 1 is 1.19 bits per heavy atom. The monoisotopic (exact) mass is 311 g/mol. The summed E-state index contributed by atoms with van der Waals surface area (Å²) in [5, 5.41) is 9.45. The topological polar surface area (TPSA) is 57.6 Å². The molecule has 0 atom stereocenters. The third-order valence-corrected chi connectivity index (χ3v) is 3.59. The molecule has 4 nitrogen and oxygen atoms in total. The van der Waals surface area contributed by atoms with Gasteiger partial charge in [-0.15, -0.1) is 0 Å². The summed E-state index contributed by atoms with van der Waals surface area (Å²) < 4.78 is 0. The smallest absolute Gasteiger partial charge is 0.305 e. The number of benzene rings is 1. The minimum Gasteiger partial charge on any atom is -0.481 e. The van der Waals surface area contributed by atoms with E-state index >= 15 is 0 Å². The van der Waals surface area contributed by atoms with Crippen LogP contribution in [0.25, 0.3) is 0 Å². The highest BCUT2D eigenvalue weighted by molar-refractivity contribution is 6.31. The summed E-state index contributed by atoms with van der Waals surface area (Å²) in [7, 11) is 0. The number of rotatable bonds is 6. The maximum absolute atomic E-state index is 12.4. The molecule has 1 rings (SSSR count). The second kappa shape index (κ2) is 7.46. The van der Waals surface area contributed by atoms with Gasteiger partial charge in [0.1, 0.15) is 0 Å². The number of carbonyl (C=O) groups excluding carboxylic acids is 1. The highest BCUT2D eigenvalue weighted by Crippen LogP contribution is 2.19. The molecule has 1 aromatic rings. The molecule has 0 spiro atoms. The van der Waals surface area contributed by atoms with Crippen LogP contribution in [0.2, 0.25) is 5.02 Å². The average Bonchev–Trinajstić information content (AvgIpc) is 2.36. The third-order valence-electron chi connectivity index (χ3n) is 3.23. The highest BCUT2D eigenvalue weighted by Gasteiger charge is 2.26. The molecule has 0 unspecified atom stereocenters. The summed E-state index contributed by atoms with van der Waals surface area (Å²) in [6.45, 7) is 5.94. The number of halogens is 1. The maximum Gasteiger partial charge on any atom is 0.305 e. The number of aliphatic carboxylic acids is 1. The van der Waals surface area contributed by atoms with Crippen LogP contribution in [-0.4, -0.2) is 34.0 Å². The van der Waals surface area contributed by atoms with Gasteiger partial charge in [0, 0.05) is 23.5 Å². The lowest BCUT2D eigenvalue weighted by molar-refractivity contribution is -0.140. The van der Waals surface area contributed by atoms with Crippen molar-refractivity contribution in [3.05, 3.63) is 34.9 Å². The van der Waals surface area contributed by atoms with E-state index in [1.54, 1.807) is 11.0 Å². The Morgan fingerprint density at radius 3 is 2.33 bits per heavy atom. The van der Waals surface area contributed by atoms with E-state index < -0.39 is 11.5 Å². The second-order valence-corrected chi connectivity index (χ2v) is 6.36. The third kappa shape index (κ3) is 5.76. The average molecular weight is 312 g/mol. The van der Waals surface area contributed by atoms with E-state index in [1.165, 1.54) is 0 Å². The van der Waals surface area contributed by atoms with Gasteiger partial charge in [-0.25, -0.2) is 0 Å². The van der Waals surface area contributed by atoms with Gasteiger partial charge in [-0.3, -0.25) is 9.59 Å². The zero-order chi connectivity index (χ0) is 16.0. The normalized spacial score (nSPS) is 11.2. The van der Waals surface area contributed by atoms with Crippen LogP contribution in [0.4, 0.5) is 0 Å². The molecule has 21 heavy (non-hydrogen) atoms. The Balaban J connectivity index is 2.69. The maximum atomic E-state index is 12.4. The van der Waals surface area contributed by atoms with Crippen molar-refractivity contribution < 1.29 is 14.7 Å². The van der Waals surface area contributed by atoms with Gasteiger partial charge in [-0.2, -0.15) is 0 Å². The van der Waals surface area contributed by atoms with E-state index in [4.69, 9.17) is 16.7 Å². The van der Waals surface area contributed by atoms with Crippen LogP contribution in [0.1, 0.15) is 39.2 Å². The van der Waals surface area contributed by atoms with Crippen molar-refractivity contribution in [3.8, 4) is 0 Å². The second-order valence-electron chi connectivity index (χ2n) is 5.95. The molecule has 1 amide bonds. The summed E-state index contributed by atoms with van der Waals surface area (Å²) in [6, 6.07) is 7.43. The highest BCUT2D eigenvalue weighted by atomic mass is 35.5. The van der Waals surface area contributed by atoms with Crippen LogP contribution in [0.5, 0.6) is 0 Å². The largest absolute Gasteiger partial charge is 0.481 e. The van der Waals surface area contributed by atoms with E-state index in [0.717, 1.165) is 5.56 Å². The molecular formula is C16H22ClNO3. The van der Waals surface area contributed by atoms with Crippen LogP contribution < -0.4 is 0 Å². The fourth-order valence-electron chi connectivity index (χ4n) is 2.12. The SMILES string of the molecule is CC(C)(C)N(CCC(=O)O)C(=O)CCc1ccccc1Cl. The van der Waals surface area contributed by atoms with Crippen LogP contribution >= 0.6 is 11.6 Å². The number of carbonyl (C=O) groups is 2. The Hall–Kier alpha value is -1.55. The Kier molecular flexibility index (Phi) is 6.21. The van der Waals surface area contributed by atoms with Gasteiger partial charge in [0.15, 0.2) is 0 Å². The predicted octanol–water partition coefficient (Wildman–Crippen LogP) is 3.37. The molecule has 0 saturated heterocycles. The van der Waals surface area contributed by atoms with Crippen molar-refractivity contribution in [2.24, 2.45) is 0 Å². The quantitative estimate of drug-likeness (QED) is 0.876. The van der Waals surface area contributed by atoms with Crippen molar-refractivity contribution in [2.45, 2.75) is 45.6 Å². The lowest BCUT2D eigenvalue weighted by Gasteiger charge is -2.35. The standard InChI is InChI=1S/C16H22ClNO3/c1-16(2,3)18(11-10-15(20)21)14(19)9-8-12-6-4-5-7-13(12)17/h4-7H,8-11H2,1-3H3,(H,20,21). The molecule has 0 aliphatic rings. The van der Waals surface area contributed by atoms with Gasteiger partial charge < -0.3 is 10.0 Å². The fraction of sp³-hybridized carbons (Fsp3) is 0.500. The van der Waals surface area contributed by atoms with Crippen molar-refractivity contribution >= 4 is 23.5 Å². The molecule has 0 bridgehead atoms. The van der Waals surface area contributed by atoms with Crippen LogP contribution in [0.15, 0.2) is 24.3 Å². The van der Waals surface area contributed by atoms with Gasteiger partial charge in [0.2, 0.25) is 5.91 Å². The van der Waals surface area contributed by atoms with Crippen molar-refractivity contribution in [1.82, 2.24) is 4.90 Å². The molecule has 5 heteroatoms. The van der Waals surface area contributed by atoms with Crippen molar-refractivity contribution in [3.63, 3.8) is 0 Å². The van der Waals surface area contributed by atoms with Crippen LogP contribution in [0, 0.1) is 0 Å². The summed E-state index contributed by atoms with van der Waals surface area (Å²) in [5.41, 5.74) is 0.534. The lowest BCUT2D eigenvalue weighted by atomic mass is 10.0. The van der Waals surface area contributed by atoms with E-state index in [1.807, 2.05) is 39.0 Å². The molecular weight excluding hydrogens is 290 g/mol. The minimum atomic E-state index is -0.900. The number of carboxylic acid groups (broad SMARTS) is 1. The van der Waals surface area contributed by atoms with Crippen LogP contribution in [0.3, 0.4) is 0 Å². The first-order valence-corrected chi connectivity index (χ1v) is 7.35. The fourth-order valence-corrected chi connectivity index (χ4v) is 2.35. The number of aryl methyl sites for hydroxylation is 1. The molecule has 0 radical (unpaired) electrons. The molecule has 1 aromatic carbocycles. The zero-order valence-corrected chi connectivity index (χ0v) is 13.5. The molecule has 0 saturated carbocycles. The van der Waals surface area contributed by atoms with Gasteiger partial charge in [-0.1, -0.05) is 29.8 Å². The molecule has 0 aliphatic heterocycles. The summed E-state index contributed by atoms with van der Waals surface area (Å²) in [4.78, 5) is 24.7. The van der Waals surface area contributed by atoms with E-state index in [-0.39, 0.29) is 18.9 Å². The molecule has 116 valence electrons. The lowest BCUT2D eigenvalue weighted by Crippen LogP contribution is -2.46. The van der Waals surface area contributed by atoms with Gasteiger partial charge >= 0.3 is 5.97 Å². The number of carboxylic acids is 1. The van der Waals surface area contributed by atoms with Crippen molar-refractivity contribution in [1.29, 1.82) is 0 Å². The molecule has 0 heterocycles. The number of hydrogen-bond donors (Lipinski definition) is 1. The zero-order valence-electron chi connectivity index (χ0n) is 12.7.